The third-order valence-corrected chi connectivity index (χ3v) is 8.24. The molecule has 1 aromatic carbocycles. The topological polar surface area (TPSA) is 71.5 Å². The van der Waals surface area contributed by atoms with E-state index < -0.39 is 25.4 Å². The maximum Gasteiger partial charge on any atom is 0.243 e. The Balaban J connectivity index is 2.47. The van der Waals surface area contributed by atoms with Gasteiger partial charge in [-0.3, -0.25) is 0 Å². The van der Waals surface area contributed by atoms with Crippen molar-refractivity contribution in [3.05, 3.63) is 41.4 Å². The van der Waals surface area contributed by atoms with Gasteiger partial charge < -0.3 is 0 Å². The Labute approximate surface area is 140 Å². The number of hydrogen-bond donors (Lipinski definition) is 0. The minimum Gasteiger partial charge on any atom is -0.229 e. The molecule has 1 aliphatic heterocycles. The Morgan fingerprint density at radius 2 is 1.95 bits per heavy atom. The van der Waals surface area contributed by atoms with Crippen molar-refractivity contribution in [2.24, 2.45) is 0 Å². The molecule has 1 heterocycles. The summed E-state index contributed by atoms with van der Waals surface area (Å²) in [6, 6.07) is 6.30. The van der Waals surface area contributed by atoms with Crippen LogP contribution in [-0.2, 0) is 19.9 Å². The Bertz CT molecular complexity index is 772. The van der Waals surface area contributed by atoms with Gasteiger partial charge in [-0.2, -0.15) is 4.31 Å². The van der Waals surface area contributed by atoms with Crippen LogP contribution in [0.25, 0.3) is 0 Å². The molecule has 122 valence electrons. The molecule has 8 heteroatoms. The van der Waals surface area contributed by atoms with Crippen LogP contribution in [-0.4, -0.2) is 44.7 Å². The lowest BCUT2D eigenvalue weighted by molar-refractivity contribution is 0.252. The largest absolute Gasteiger partial charge is 0.243 e. The molecular weight excluding hydrogens is 390 g/mol. The minimum absolute atomic E-state index is 0.00695. The number of sulfone groups is 1. The van der Waals surface area contributed by atoms with Crippen molar-refractivity contribution in [1.82, 2.24) is 4.31 Å². The summed E-state index contributed by atoms with van der Waals surface area (Å²) in [4.78, 5) is 0.142. The monoisotopic (exact) mass is 407 g/mol. The van der Waals surface area contributed by atoms with Crippen molar-refractivity contribution in [2.45, 2.75) is 23.8 Å². The molecule has 0 amide bonds. The van der Waals surface area contributed by atoms with Crippen LogP contribution in [0, 0.1) is 0 Å². The molecule has 0 spiro atoms. The zero-order valence-electron chi connectivity index (χ0n) is 12.2. The van der Waals surface area contributed by atoms with E-state index in [0.29, 0.717) is 6.42 Å². The summed E-state index contributed by atoms with van der Waals surface area (Å²) in [7, 11) is -7.01. The van der Waals surface area contributed by atoms with Gasteiger partial charge in [0.25, 0.3) is 0 Å². The molecule has 22 heavy (non-hydrogen) atoms. The fourth-order valence-corrected chi connectivity index (χ4v) is 6.91. The Hall–Kier alpha value is -0.700. The molecule has 0 radical (unpaired) electrons. The fourth-order valence-electron chi connectivity index (χ4n) is 2.65. The van der Waals surface area contributed by atoms with Crippen LogP contribution in [0.1, 0.15) is 13.3 Å². The second kappa shape index (κ2) is 6.07. The van der Waals surface area contributed by atoms with Crippen molar-refractivity contribution in [3.63, 3.8) is 0 Å². The summed E-state index contributed by atoms with van der Waals surface area (Å²) in [5.41, 5.74) is -0.946. The first-order valence-corrected chi connectivity index (χ1v) is 10.8. The average molecular weight is 408 g/mol. The highest BCUT2D eigenvalue weighted by Gasteiger charge is 2.47. The van der Waals surface area contributed by atoms with Crippen LogP contribution in [0.2, 0.25) is 0 Å². The van der Waals surface area contributed by atoms with Gasteiger partial charge in [-0.1, -0.05) is 22.0 Å². The van der Waals surface area contributed by atoms with E-state index in [9.17, 15) is 16.8 Å². The second-order valence-corrected chi connectivity index (χ2v) is 10.6. The molecule has 0 aromatic heterocycles. The lowest BCUT2D eigenvalue weighted by Gasteiger charge is -2.35. The zero-order valence-corrected chi connectivity index (χ0v) is 15.4. The van der Waals surface area contributed by atoms with Crippen LogP contribution >= 0.6 is 15.9 Å². The highest BCUT2D eigenvalue weighted by Crippen LogP contribution is 2.34. The van der Waals surface area contributed by atoms with E-state index in [2.05, 4.69) is 22.5 Å². The quantitative estimate of drug-likeness (QED) is 0.701. The Kier molecular flexibility index (Phi) is 4.87. The number of hydrogen-bond acceptors (Lipinski definition) is 4. The summed E-state index contributed by atoms with van der Waals surface area (Å²) >= 11 is 3.27. The fraction of sp³-hybridized carbons (Fsp3) is 0.429. The van der Waals surface area contributed by atoms with Crippen molar-refractivity contribution in [2.75, 3.05) is 18.1 Å². The normalized spacial score (nSPS) is 24.5. The first kappa shape index (κ1) is 17.7. The van der Waals surface area contributed by atoms with Gasteiger partial charge >= 0.3 is 0 Å². The molecule has 5 nitrogen and oxygen atoms in total. The third-order valence-electron chi connectivity index (χ3n) is 3.78. The molecule has 0 saturated carbocycles. The molecule has 1 aliphatic rings. The van der Waals surface area contributed by atoms with Crippen molar-refractivity contribution >= 4 is 35.8 Å². The van der Waals surface area contributed by atoms with E-state index in [-0.39, 0.29) is 22.9 Å². The Morgan fingerprint density at radius 1 is 1.36 bits per heavy atom. The molecule has 1 atom stereocenters. The maximum atomic E-state index is 12.9. The van der Waals surface area contributed by atoms with Gasteiger partial charge in [-0.25, -0.2) is 16.8 Å². The van der Waals surface area contributed by atoms with Crippen molar-refractivity contribution < 1.29 is 16.8 Å². The van der Waals surface area contributed by atoms with Crippen LogP contribution in [0.5, 0.6) is 0 Å². The van der Waals surface area contributed by atoms with E-state index in [0.717, 1.165) is 4.47 Å². The molecule has 0 unspecified atom stereocenters. The predicted octanol–water partition coefficient (Wildman–Crippen LogP) is 2.20. The molecule has 1 aromatic rings. The number of rotatable bonds is 5. The van der Waals surface area contributed by atoms with Crippen LogP contribution < -0.4 is 0 Å². The maximum absolute atomic E-state index is 12.9. The van der Waals surface area contributed by atoms with Crippen molar-refractivity contribution in [3.8, 4) is 0 Å². The van der Waals surface area contributed by atoms with E-state index in [1.54, 1.807) is 19.1 Å². The van der Waals surface area contributed by atoms with E-state index >= 15 is 0 Å². The molecular formula is C14H18BrNO4S2. The van der Waals surface area contributed by atoms with Gasteiger partial charge in [0.05, 0.1) is 16.4 Å². The molecule has 0 aliphatic carbocycles. The van der Waals surface area contributed by atoms with Gasteiger partial charge in [-0.05, 0) is 37.6 Å². The number of halogens is 1. The minimum atomic E-state index is -3.80. The number of sulfonamides is 1. The summed E-state index contributed by atoms with van der Waals surface area (Å²) in [6.45, 7) is 5.35. The first-order valence-electron chi connectivity index (χ1n) is 6.70. The molecule has 0 bridgehead atoms. The summed E-state index contributed by atoms with van der Waals surface area (Å²) in [6.07, 6.45) is 1.77. The summed E-state index contributed by atoms with van der Waals surface area (Å²) in [5, 5.41) is 0. The average Bonchev–Trinajstić information content (AvgIpc) is 2.71. The first-order chi connectivity index (χ1) is 10.1. The highest BCUT2D eigenvalue weighted by molar-refractivity contribution is 9.10. The number of nitrogens with zero attached hydrogens (tertiary/aromatic N) is 1. The van der Waals surface area contributed by atoms with Gasteiger partial charge in [0, 0.05) is 16.6 Å². The predicted molar refractivity (Wildman–Crippen MR) is 89.9 cm³/mol. The van der Waals surface area contributed by atoms with Gasteiger partial charge in [0.1, 0.15) is 0 Å². The summed E-state index contributed by atoms with van der Waals surface area (Å²) in [5.74, 6) is -0.156. The third kappa shape index (κ3) is 3.45. The van der Waals surface area contributed by atoms with Crippen LogP contribution in [0.3, 0.4) is 0 Å². The molecule has 1 saturated heterocycles. The van der Waals surface area contributed by atoms with Gasteiger partial charge in [0.15, 0.2) is 9.84 Å². The van der Waals surface area contributed by atoms with E-state index in [1.807, 2.05) is 0 Å². The smallest absolute Gasteiger partial charge is 0.229 e. The molecule has 2 rings (SSSR count). The lowest BCUT2D eigenvalue weighted by atomic mass is 10.0. The van der Waals surface area contributed by atoms with Gasteiger partial charge in [0.2, 0.25) is 10.0 Å². The number of benzene rings is 1. The highest BCUT2D eigenvalue weighted by atomic mass is 79.9. The van der Waals surface area contributed by atoms with E-state index in [4.69, 9.17) is 0 Å². The second-order valence-electron chi connectivity index (χ2n) is 5.62. The SMILES string of the molecule is C=CCN([C@@]1(C)CCS(=O)(=O)C1)S(=O)(=O)c1ccc(Br)cc1. The standard InChI is InChI=1S/C14H18BrNO4S2/c1-3-9-16(14(2)8-10-21(17,18)11-14)22(19,20)13-6-4-12(15)5-7-13/h3-7H,1,8-11H2,2H3/t14-/m0/s1. The van der Waals surface area contributed by atoms with E-state index in [1.165, 1.54) is 22.5 Å². The van der Waals surface area contributed by atoms with Crippen molar-refractivity contribution in [1.29, 1.82) is 0 Å². The lowest BCUT2D eigenvalue weighted by Crippen LogP contribution is -2.50. The molecule has 1 fully saturated rings. The zero-order chi connectivity index (χ0) is 16.6. The van der Waals surface area contributed by atoms with Gasteiger partial charge in [-0.15, -0.1) is 6.58 Å². The molecule has 0 N–H and O–H groups in total. The van der Waals surface area contributed by atoms with Crippen LogP contribution in [0.4, 0.5) is 0 Å². The Morgan fingerprint density at radius 3 is 2.41 bits per heavy atom. The summed E-state index contributed by atoms with van der Waals surface area (Å²) < 4.78 is 51.5. The van der Waals surface area contributed by atoms with Crippen LogP contribution in [0.15, 0.2) is 46.3 Å².